The van der Waals surface area contributed by atoms with E-state index < -0.39 is 0 Å². The molecule has 0 rings (SSSR count). The Hall–Kier alpha value is -1.09. The second-order valence-electron chi connectivity index (χ2n) is 2.71. The molecule has 0 heterocycles. The van der Waals surface area contributed by atoms with E-state index in [1.165, 1.54) is 0 Å². The topological polar surface area (TPSA) is 55.1 Å². The summed E-state index contributed by atoms with van der Waals surface area (Å²) in [5, 5.41) is 2.75. The summed E-state index contributed by atoms with van der Waals surface area (Å²) in [5.74, 6) is -0.0106. The van der Waals surface area contributed by atoms with E-state index in [4.69, 9.17) is 5.73 Å². The molecule has 0 aliphatic carbocycles. The molecular weight excluding hydrogens is 164 g/mol. The van der Waals surface area contributed by atoms with Crippen molar-refractivity contribution in [1.29, 1.82) is 0 Å². The first kappa shape index (κ1) is 11.9. The number of rotatable bonds is 5. The zero-order valence-corrected chi connectivity index (χ0v) is 8.34. The van der Waals surface area contributed by atoms with Gasteiger partial charge in [0.15, 0.2) is 0 Å². The molecule has 1 amide bonds. The number of hydrogen-bond donors (Lipinski definition) is 2. The molecule has 0 fully saturated rings. The zero-order chi connectivity index (χ0) is 10.1. The Morgan fingerprint density at radius 3 is 2.69 bits per heavy atom. The highest BCUT2D eigenvalue weighted by Crippen LogP contribution is 1.93. The highest BCUT2D eigenvalue weighted by Gasteiger charge is 1.99. The molecule has 0 aliphatic rings. The standard InChI is InChI=1S/C10H18N2O/c1-3-6-9(2)10(13)12-8-5-4-7-11/h4-6H,3,7-8,11H2,1-2H3,(H,12,13)/b5-4+,9-6-. The van der Waals surface area contributed by atoms with Gasteiger partial charge < -0.3 is 11.1 Å². The van der Waals surface area contributed by atoms with Crippen molar-refractivity contribution in [3.63, 3.8) is 0 Å². The molecule has 0 spiro atoms. The van der Waals surface area contributed by atoms with Gasteiger partial charge >= 0.3 is 0 Å². The lowest BCUT2D eigenvalue weighted by Crippen LogP contribution is -2.24. The van der Waals surface area contributed by atoms with Crippen LogP contribution in [0, 0.1) is 0 Å². The van der Waals surface area contributed by atoms with Crippen LogP contribution in [0.15, 0.2) is 23.8 Å². The smallest absolute Gasteiger partial charge is 0.246 e. The molecule has 0 aromatic carbocycles. The molecule has 0 aliphatic heterocycles. The number of carbonyl (C=O) groups excluding carboxylic acids is 1. The number of nitrogens with two attached hydrogens (primary N) is 1. The van der Waals surface area contributed by atoms with E-state index in [-0.39, 0.29) is 5.91 Å². The van der Waals surface area contributed by atoms with E-state index in [1.807, 2.05) is 32.1 Å². The van der Waals surface area contributed by atoms with Crippen molar-refractivity contribution in [2.45, 2.75) is 20.3 Å². The van der Waals surface area contributed by atoms with Crippen LogP contribution in [0.5, 0.6) is 0 Å². The monoisotopic (exact) mass is 182 g/mol. The highest BCUT2D eigenvalue weighted by molar-refractivity contribution is 5.92. The predicted octanol–water partition coefficient (Wildman–Crippen LogP) is 0.974. The van der Waals surface area contributed by atoms with Gasteiger partial charge in [0.05, 0.1) is 0 Å². The van der Waals surface area contributed by atoms with Crippen LogP contribution in [0.3, 0.4) is 0 Å². The lowest BCUT2D eigenvalue weighted by Gasteiger charge is -2.01. The van der Waals surface area contributed by atoms with Crippen molar-refractivity contribution in [2.75, 3.05) is 13.1 Å². The lowest BCUT2D eigenvalue weighted by atomic mass is 10.2. The molecule has 0 atom stereocenters. The van der Waals surface area contributed by atoms with Crippen LogP contribution in [-0.4, -0.2) is 19.0 Å². The van der Waals surface area contributed by atoms with Crippen LogP contribution in [0.2, 0.25) is 0 Å². The molecule has 0 radical (unpaired) electrons. The van der Waals surface area contributed by atoms with Crippen molar-refractivity contribution in [2.24, 2.45) is 5.73 Å². The summed E-state index contributed by atoms with van der Waals surface area (Å²) in [6, 6.07) is 0. The normalized spacial score (nSPS) is 12.1. The van der Waals surface area contributed by atoms with Crippen molar-refractivity contribution < 1.29 is 4.79 Å². The molecular formula is C10H18N2O. The van der Waals surface area contributed by atoms with E-state index in [2.05, 4.69) is 5.32 Å². The van der Waals surface area contributed by atoms with Gasteiger partial charge in [-0.2, -0.15) is 0 Å². The number of hydrogen-bond acceptors (Lipinski definition) is 2. The molecule has 0 saturated carbocycles. The van der Waals surface area contributed by atoms with Crippen molar-refractivity contribution >= 4 is 5.91 Å². The summed E-state index contributed by atoms with van der Waals surface area (Å²) in [6.07, 6.45) is 6.45. The van der Waals surface area contributed by atoms with Gasteiger partial charge in [-0.25, -0.2) is 0 Å². The van der Waals surface area contributed by atoms with Crippen molar-refractivity contribution in [3.8, 4) is 0 Å². The number of nitrogens with one attached hydrogen (secondary N) is 1. The SMILES string of the molecule is CC/C=C(/C)C(=O)NC/C=C/CN. The number of carbonyl (C=O) groups is 1. The summed E-state index contributed by atoms with van der Waals surface area (Å²) < 4.78 is 0. The largest absolute Gasteiger partial charge is 0.349 e. The Kier molecular flexibility index (Phi) is 6.92. The average molecular weight is 182 g/mol. The van der Waals surface area contributed by atoms with Gasteiger partial charge in [-0.3, -0.25) is 4.79 Å². The molecule has 0 bridgehead atoms. The van der Waals surface area contributed by atoms with Gasteiger partial charge in [-0.15, -0.1) is 0 Å². The van der Waals surface area contributed by atoms with Crippen LogP contribution in [0.25, 0.3) is 0 Å². The summed E-state index contributed by atoms with van der Waals surface area (Å²) in [7, 11) is 0. The van der Waals surface area contributed by atoms with Crippen molar-refractivity contribution in [3.05, 3.63) is 23.8 Å². The molecule has 0 unspecified atom stereocenters. The molecule has 3 nitrogen and oxygen atoms in total. The van der Waals surface area contributed by atoms with Crippen molar-refractivity contribution in [1.82, 2.24) is 5.32 Å². The van der Waals surface area contributed by atoms with Gasteiger partial charge in [0, 0.05) is 18.7 Å². The lowest BCUT2D eigenvalue weighted by molar-refractivity contribution is -0.117. The first-order valence-electron chi connectivity index (χ1n) is 4.52. The van der Waals surface area contributed by atoms with E-state index >= 15 is 0 Å². The Labute approximate surface area is 79.7 Å². The van der Waals surface area contributed by atoms with E-state index in [0.717, 1.165) is 12.0 Å². The van der Waals surface area contributed by atoms with E-state index in [0.29, 0.717) is 13.1 Å². The van der Waals surface area contributed by atoms with Gasteiger partial charge in [0.1, 0.15) is 0 Å². The molecule has 3 heteroatoms. The second-order valence-corrected chi connectivity index (χ2v) is 2.71. The molecule has 0 aromatic heterocycles. The third-order valence-electron chi connectivity index (χ3n) is 1.55. The molecule has 0 aromatic rings. The quantitative estimate of drug-likeness (QED) is 0.492. The molecule has 0 saturated heterocycles. The molecule has 3 N–H and O–H groups in total. The predicted molar refractivity (Wildman–Crippen MR) is 55.3 cm³/mol. The Bertz CT molecular complexity index is 207. The van der Waals surface area contributed by atoms with Gasteiger partial charge in [0.2, 0.25) is 5.91 Å². The minimum absolute atomic E-state index is 0.0106. The Morgan fingerprint density at radius 1 is 1.46 bits per heavy atom. The van der Waals surface area contributed by atoms with Gasteiger partial charge in [-0.1, -0.05) is 25.2 Å². The fourth-order valence-electron chi connectivity index (χ4n) is 0.869. The second kappa shape index (κ2) is 7.55. The van der Waals surface area contributed by atoms with Gasteiger partial charge in [-0.05, 0) is 13.3 Å². The number of allylic oxidation sites excluding steroid dienone is 1. The van der Waals surface area contributed by atoms with Gasteiger partial charge in [0.25, 0.3) is 0 Å². The molecule has 74 valence electrons. The van der Waals surface area contributed by atoms with Crippen LogP contribution in [0.1, 0.15) is 20.3 Å². The van der Waals surface area contributed by atoms with E-state index in [1.54, 1.807) is 0 Å². The average Bonchev–Trinajstić information content (AvgIpc) is 2.12. The summed E-state index contributed by atoms with van der Waals surface area (Å²) in [5.41, 5.74) is 6.01. The minimum atomic E-state index is -0.0106. The molecule has 13 heavy (non-hydrogen) atoms. The highest BCUT2D eigenvalue weighted by atomic mass is 16.1. The minimum Gasteiger partial charge on any atom is -0.349 e. The first-order valence-corrected chi connectivity index (χ1v) is 4.52. The maximum absolute atomic E-state index is 11.3. The summed E-state index contributed by atoms with van der Waals surface area (Å²) in [6.45, 7) is 4.88. The third-order valence-corrected chi connectivity index (χ3v) is 1.55. The Balaban J connectivity index is 3.75. The summed E-state index contributed by atoms with van der Waals surface area (Å²) in [4.78, 5) is 11.3. The van der Waals surface area contributed by atoms with Crippen LogP contribution in [-0.2, 0) is 4.79 Å². The zero-order valence-electron chi connectivity index (χ0n) is 8.34. The fraction of sp³-hybridized carbons (Fsp3) is 0.500. The maximum atomic E-state index is 11.3. The summed E-state index contributed by atoms with van der Waals surface area (Å²) >= 11 is 0. The van der Waals surface area contributed by atoms with Crippen LogP contribution in [0.4, 0.5) is 0 Å². The van der Waals surface area contributed by atoms with Crippen LogP contribution >= 0.6 is 0 Å². The number of amides is 1. The van der Waals surface area contributed by atoms with E-state index in [9.17, 15) is 4.79 Å². The Morgan fingerprint density at radius 2 is 2.15 bits per heavy atom. The third kappa shape index (κ3) is 6.11. The fourth-order valence-corrected chi connectivity index (χ4v) is 0.869. The van der Waals surface area contributed by atoms with Crippen LogP contribution < -0.4 is 11.1 Å². The first-order chi connectivity index (χ1) is 6.22. The maximum Gasteiger partial charge on any atom is 0.246 e.